The molecule has 2 aromatic carbocycles. The van der Waals surface area contributed by atoms with Crippen LogP contribution in [0.4, 0.5) is 21.6 Å². The molecule has 1 aliphatic heterocycles. The van der Waals surface area contributed by atoms with Crippen LogP contribution >= 0.6 is 11.3 Å². The molecule has 0 unspecified atom stereocenters. The number of benzene rings is 2. The van der Waals surface area contributed by atoms with E-state index in [1.807, 2.05) is 33.4 Å². The highest BCUT2D eigenvalue weighted by molar-refractivity contribution is 7.10. The Labute approximate surface area is 205 Å². The number of anilines is 3. The van der Waals surface area contributed by atoms with Crippen molar-refractivity contribution in [1.29, 1.82) is 0 Å². The zero-order valence-corrected chi connectivity index (χ0v) is 19.6. The fourth-order valence-electron chi connectivity index (χ4n) is 4.29. The first kappa shape index (κ1) is 22.8. The number of rotatable bonds is 6. The third-order valence-electron chi connectivity index (χ3n) is 6.02. The van der Waals surface area contributed by atoms with Crippen LogP contribution in [-0.2, 0) is 11.2 Å². The number of pyridine rings is 1. The Morgan fingerprint density at radius 3 is 2.49 bits per heavy atom. The number of carbonyl (C=O) groups is 2. The molecule has 1 saturated heterocycles. The van der Waals surface area contributed by atoms with Gasteiger partial charge in [-0.05, 0) is 47.8 Å². The van der Waals surface area contributed by atoms with E-state index in [2.05, 4.69) is 5.32 Å². The van der Waals surface area contributed by atoms with E-state index < -0.39 is 5.97 Å². The third kappa shape index (κ3) is 4.95. The number of nitrogens with one attached hydrogen (secondary N) is 1. The Morgan fingerprint density at radius 1 is 1.00 bits per heavy atom. The second-order valence-electron chi connectivity index (χ2n) is 8.29. The zero-order valence-electron chi connectivity index (χ0n) is 18.8. The lowest BCUT2D eigenvalue weighted by molar-refractivity contribution is -0.115. The number of aromatic nitrogens is 1. The summed E-state index contributed by atoms with van der Waals surface area (Å²) in [6, 6.07) is 17.2. The van der Waals surface area contributed by atoms with Crippen LogP contribution in [0.1, 0.15) is 15.2 Å². The molecule has 0 aliphatic carbocycles. The summed E-state index contributed by atoms with van der Waals surface area (Å²) in [6.07, 6.45) is 0.261. The number of carbonyl (C=O) groups excluding carboxylic acids is 1. The summed E-state index contributed by atoms with van der Waals surface area (Å²) in [5.41, 5.74) is 1.75. The highest BCUT2D eigenvalue weighted by Crippen LogP contribution is 2.28. The van der Waals surface area contributed by atoms with E-state index in [-0.39, 0.29) is 23.7 Å². The van der Waals surface area contributed by atoms with Gasteiger partial charge < -0.3 is 20.2 Å². The number of carboxylic acid groups (broad SMARTS) is 1. The molecule has 0 saturated carbocycles. The number of hydrogen-bond acceptors (Lipinski definition) is 6. The average Bonchev–Trinajstić information content (AvgIpc) is 3.36. The molecule has 2 aromatic heterocycles. The van der Waals surface area contributed by atoms with E-state index >= 15 is 0 Å². The van der Waals surface area contributed by atoms with E-state index in [9.17, 15) is 19.1 Å². The van der Waals surface area contributed by atoms with E-state index in [1.165, 1.54) is 17.4 Å². The highest BCUT2D eigenvalue weighted by Gasteiger charge is 2.22. The maximum atomic E-state index is 14.2. The Hall–Kier alpha value is -3.98. The quantitative estimate of drug-likeness (QED) is 0.410. The molecule has 7 nitrogen and oxygen atoms in total. The summed E-state index contributed by atoms with van der Waals surface area (Å²) >= 11 is 1.51. The Balaban J connectivity index is 1.35. The molecule has 0 bridgehead atoms. The van der Waals surface area contributed by atoms with Gasteiger partial charge in [-0.3, -0.25) is 4.79 Å². The Morgan fingerprint density at radius 2 is 1.77 bits per heavy atom. The van der Waals surface area contributed by atoms with Crippen molar-refractivity contribution in [2.75, 3.05) is 41.3 Å². The van der Waals surface area contributed by atoms with Crippen LogP contribution in [0.2, 0.25) is 0 Å². The Bertz CT molecular complexity index is 1380. The van der Waals surface area contributed by atoms with Gasteiger partial charge in [-0.25, -0.2) is 14.2 Å². The first-order valence-electron chi connectivity index (χ1n) is 11.2. The second-order valence-corrected chi connectivity index (χ2v) is 9.33. The van der Waals surface area contributed by atoms with Gasteiger partial charge in [0.2, 0.25) is 5.91 Å². The number of thiophene rings is 1. The second kappa shape index (κ2) is 9.71. The fourth-order valence-corrected chi connectivity index (χ4v) is 4.99. The summed E-state index contributed by atoms with van der Waals surface area (Å²) in [4.78, 5) is 34.1. The summed E-state index contributed by atoms with van der Waals surface area (Å²) in [6.45, 7) is 2.36. The predicted molar refractivity (Wildman–Crippen MR) is 136 cm³/mol. The van der Waals surface area contributed by atoms with Crippen molar-refractivity contribution in [3.05, 3.63) is 82.3 Å². The molecule has 35 heavy (non-hydrogen) atoms. The summed E-state index contributed by atoms with van der Waals surface area (Å²) in [7, 11) is 0. The molecule has 0 spiro atoms. The number of hydrogen-bond donors (Lipinski definition) is 2. The van der Waals surface area contributed by atoms with Gasteiger partial charge in [0.25, 0.3) is 0 Å². The van der Waals surface area contributed by atoms with Crippen LogP contribution in [0.15, 0.2) is 66.0 Å². The summed E-state index contributed by atoms with van der Waals surface area (Å²) in [5.74, 6) is -0.916. The molecule has 1 amide bonds. The molecule has 0 radical (unpaired) electrons. The van der Waals surface area contributed by atoms with Gasteiger partial charge in [0.15, 0.2) is 0 Å². The van der Waals surface area contributed by atoms with E-state index in [1.54, 1.807) is 36.4 Å². The van der Waals surface area contributed by atoms with Crippen molar-refractivity contribution >= 4 is 51.3 Å². The number of amides is 1. The van der Waals surface area contributed by atoms with Gasteiger partial charge in [0.05, 0.1) is 23.2 Å². The lowest BCUT2D eigenvalue weighted by Crippen LogP contribution is -2.47. The molecule has 9 heteroatoms. The Kier molecular flexibility index (Phi) is 6.33. The van der Waals surface area contributed by atoms with Crippen molar-refractivity contribution < 1.29 is 19.1 Å². The van der Waals surface area contributed by atoms with Gasteiger partial charge in [0.1, 0.15) is 11.6 Å². The fraction of sp³-hybridized carbons (Fsp3) is 0.192. The monoisotopic (exact) mass is 490 g/mol. The topological polar surface area (TPSA) is 85.8 Å². The maximum absolute atomic E-state index is 14.2. The van der Waals surface area contributed by atoms with Crippen molar-refractivity contribution in [1.82, 2.24) is 4.98 Å². The van der Waals surface area contributed by atoms with Gasteiger partial charge in [0, 0.05) is 42.1 Å². The minimum absolute atomic E-state index is 0.121. The van der Waals surface area contributed by atoms with E-state index in [0.29, 0.717) is 54.3 Å². The number of fused-ring (bicyclic) bond motifs is 1. The maximum Gasteiger partial charge on any atom is 0.336 e. The molecule has 3 heterocycles. The average molecular weight is 491 g/mol. The molecule has 0 atom stereocenters. The van der Waals surface area contributed by atoms with Crippen LogP contribution in [0, 0.1) is 5.82 Å². The van der Waals surface area contributed by atoms with Crippen molar-refractivity contribution in [3.63, 3.8) is 0 Å². The molecular weight excluding hydrogens is 467 g/mol. The third-order valence-corrected chi connectivity index (χ3v) is 6.90. The number of halogens is 1. The van der Waals surface area contributed by atoms with Crippen LogP contribution < -0.4 is 15.1 Å². The lowest BCUT2D eigenvalue weighted by atomic mass is 10.1. The van der Waals surface area contributed by atoms with Crippen LogP contribution in [0.5, 0.6) is 0 Å². The molecule has 4 aromatic rings. The van der Waals surface area contributed by atoms with Crippen LogP contribution in [0.25, 0.3) is 10.9 Å². The number of nitrogens with zero attached hydrogens (tertiary/aromatic N) is 3. The largest absolute Gasteiger partial charge is 0.478 e. The van der Waals surface area contributed by atoms with Crippen LogP contribution in [0.3, 0.4) is 0 Å². The smallest absolute Gasteiger partial charge is 0.336 e. The molecule has 1 fully saturated rings. The van der Waals surface area contributed by atoms with Crippen molar-refractivity contribution in [2.45, 2.75) is 6.42 Å². The molecule has 2 N–H and O–H groups in total. The SMILES string of the molecule is O=C(Cc1cccs1)Nc1ccc2nc(N3CCN(c4ccccc4F)CC3)cc(C(=O)O)c2c1. The standard InChI is InChI=1S/C26H23FN4O3S/c27-21-5-1-2-6-23(21)30-9-11-31(12-10-30)24-16-20(26(33)34)19-14-17(7-8-22(19)29-24)28-25(32)15-18-4-3-13-35-18/h1-8,13-14,16H,9-12,15H2,(H,28,32)(H,33,34). The van der Waals surface area contributed by atoms with Crippen molar-refractivity contribution in [2.24, 2.45) is 0 Å². The van der Waals surface area contributed by atoms with E-state index in [4.69, 9.17) is 4.98 Å². The van der Waals surface area contributed by atoms with Gasteiger partial charge >= 0.3 is 5.97 Å². The lowest BCUT2D eigenvalue weighted by Gasteiger charge is -2.37. The summed E-state index contributed by atoms with van der Waals surface area (Å²) in [5, 5.41) is 15.1. The minimum Gasteiger partial charge on any atom is -0.478 e. The van der Waals surface area contributed by atoms with Crippen molar-refractivity contribution in [3.8, 4) is 0 Å². The first-order chi connectivity index (χ1) is 17.0. The normalized spacial score (nSPS) is 13.7. The zero-order chi connectivity index (χ0) is 24.4. The molecular formula is C26H23FN4O3S. The summed E-state index contributed by atoms with van der Waals surface area (Å²) < 4.78 is 14.2. The first-order valence-corrected chi connectivity index (χ1v) is 12.1. The van der Waals surface area contributed by atoms with E-state index in [0.717, 1.165) is 4.88 Å². The minimum atomic E-state index is -1.06. The number of aromatic carboxylic acids is 1. The molecule has 1 aliphatic rings. The van der Waals surface area contributed by atoms with Gasteiger partial charge in [-0.2, -0.15) is 0 Å². The number of para-hydroxylation sites is 1. The van der Waals surface area contributed by atoms with Gasteiger partial charge in [-0.15, -0.1) is 11.3 Å². The number of carboxylic acids is 1. The van der Waals surface area contributed by atoms with Crippen LogP contribution in [-0.4, -0.2) is 48.1 Å². The molecule has 5 rings (SSSR count). The highest BCUT2D eigenvalue weighted by atomic mass is 32.1. The molecule has 178 valence electrons. The number of piperazine rings is 1. The van der Waals surface area contributed by atoms with Gasteiger partial charge in [-0.1, -0.05) is 18.2 Å². The predicted octanol–water partition coefficient (Wildman–Crippen LogP) is 4.64.